The Kier molecular flexibility index (Phi) is 7.16. The highest BCUT2D eigenvalue weighted by Crippen LogP contribution is 2.45. The Bertz CT molecular complexity index is 2170. The number of benzene rings is 5. The standard InChI is InChI=1S/C37H30N2O4S/c1-25-16-19-29(20-17-25)44(40,41)39-36-30-14-8-9-15-34(30)43-37(36)35(27-12-6-3-7-13-27)32-23-38-33-21-18-28(22-31(32)33)42-24-26-10-4-2-5-11-26/h2-23,35,38-39H,24H2,1H3. The molecule has 2 aromatic heterocycles. The van der Waals surface area contributed by atoms with Gasteiger partial charge < -0.3 is 14.1 Å². The summed E-state index contributed by atoms with van der Waals surface area (Å²) >= 11 is 0. The molecule has 7 heteroatoms. The first-order valence-corrected chi connectivity index (χ1v) is 15.9. The molecule has 2 N–H and O–H groups in total. The summed E-state index contributed by atoms with van der Waals surface area (Å²) in [6, 6.07) is 40.3. The number of furan rings is 1. The Labute approximate surface area is 256 Å². The van der Waals surface area contributed by atoms with Gasteiger partial charge in [0.25, 0.3) is 10.0 Å². The van der Waals surface area contributed by atoms with Gasteiger partial charge in [-0.3, -0.25) is 4.72 Å². The number of ether oxygens (including phenoxy) is 1. The van der Waals surface area contributed by atoms with Gasteiger partial charge >= 0.3 is 0 Å². The Hall–Kier alpha value is -5.27. The number of aromatic amines is 1. The Balaban J connectivity index is 1.37. The Morgan fingerprint density at radius 3 is 2.27 bits per heavy atom. The lowest BCUT2D eigenvalue weighted by atomic mass is 9.88. The lowest BCUT2D eigenvalue weighted by Crippen LogP contribution is -2.15. The molecule has 5 aromatic carbocycles. The fourth-order valence-corrected chi connectivity index (χ4v) is 6.68. The Morgan fingerprint density at radius 2 is 1.50 bits per heavy atom. The lowest BCUT2D eigenvalue weighted by molar-refractivity contribution is 0.306. The highest BCUT2D eigenvalue weighted by Gasteiger charge is 2.30. The van der Waals surface area contributed by atoms with Gasteiger partial charge in [0.05, 0.1) is 16.5 Å². The topological polar surface area (TPSA) is 84.3 Å². The number of hydrogen-bond donors (Lipinski definition) is 2. The van der Waals surface area contributed by atoms with E-state index in [0.29, 0.717) is 29.0 Å². The summed E-state index contributed by atoms with van der Waals surface area (Å²) in [5.41, 5.74) is 5.90. The third-order valence-electron chi connectivity index (χ3n) is 7.83. The van der Waals surface area contributed by atoms with E-state index in [2.05, 4.69) is 9.71 Å². The zero-order valence-corrected chi connectivity index (χ0v) is 24.8. The van der Waals surface area contributed by atoms with Gasteiger partial charge in [-0.05, 0) is 66.1 Å². The molecule has 6 nitrogen and oxygen atoms in total. The second kappa shape index (κ2) is 11.4. The van der Waals surface area contributed by atoms with E-state index in [1.54, 1.807) is 24.3 Å². The molecule has 0 saturated heterocycles. The smallest absolute Gasteiger partial charge is 0.262 e. The van der Waals surface area contributed by atoms with Crippen LogP contribution in [0.5, 0.6) is 5.75 Å². The molecule has 0 spiro atoms. The van der Waals surface area contributed by atoms with Crippen LogP contribution in [0.1, 0.15) is 33.9 Å². The van der Waals surface area contributed by atoms with Gasteiger partial charge in [-0.25, -0.2) is 8.42 Å². The molecule has 0 bridgehead atoms. The first-order chi connectivity index (χ1) is 21.5. The van der Waals surface area contributed by atoms with Crippen molar-refractivity contribution in [2.75, 3.05) is 4.72 Å². The predicted octanol–water partition coefficient (Wildman–Crippen LogP) is 8.78. The molecule has 0 saturated carbocycles. The number of anilines is 1. The van der Waals surface area contributed by atoms with Crippen molar-refractivity contribution in [3.05, 3.63) is 162 Å². The van der Waals surface area contributed by atoms with Gasteiger partial charge in [-0.15, -0.1) is 0 Å². The molecule has 1 atom stereocenters. The SMILES string of the molecule is Cc1ccc(S(=O)(=O)Nc2c(C(c3ccccc3)c3c[nH]c4ccc(OCc5ccccc5)cc34)oc3ccccc23)cc1. The molecule has 0 fully saturated rings. The van der Waals surface area contributed by atoms with E-state index in [4.69, 9.17) is 9.15 Å². The van der Waals surface area contributed by atoms with E-state index in [0.717, 1.165) is 38.9 Å². The normalized spacial score (nSPS) is 12.4. The van der Waals surface area contributed by atoms with Gasteiger partial charge in [-0.1, -0.05) is 90.5 Å². The largest absolute Gasteiger partial charge is 0.489 e. The van der Waals surface area contributed by atoms with Gasteiger partial charge in [0.2, 0.25) is 0 Å². The number of nitrogens with one attached hydrogen (secondary N) is 2. The number of hydrogen-bond acceptors (Lipinski definition) is 4. The van der Waals surface area contributed by atoms with Crippen molar-refractivity contribution in [2.45, 2.75) is 24.3 Å². The third-order valence-corrected chi connectivity index (χ3v) is 9.20. The molecule has 0 aliphatic carbocycles. The summed E-state index contributed by atoms with van der Waals surface area (Å²) in [6.45, 7) is 2.37. The quantitative estimate of drug-likeness (QED) is 0.174. The van der Waals surface area contributed by atoms with Crippen molar-refractivity contribution < 1.29 is 17.6 Å². The van der Waals surface area contributed by atoms with E-state index in [1.165, 1.54) is 0 Å². The molecule has 7 rings (SSSR count). The molecule has 44 heavy (non-hydrogen) atoms. The van der Waals surface area contributed by atoms with Gasteiger partial charge in [0, 0.05) is 22.5 Å². The van der Waals surface area contributed by atoms with Gasteiger partial charge in [0.1, 0.15) is 23.7 Å². The van der Waals surface area contributed by atoms with Crippen LogP contribution in [0.4, 0.5) is 5.69 Å². The predicted molar refractivity (Wildman–Crippen MR) is 175 cm³/mol. The monoisotopic (exact) mass is 598 g/mol. The third kappa shape index (κ3) is 5.34. The maximum Gasteiger partial charge on any atom is 0.262 e. The zero-order valence-electron chi connectivity index (χ0n) is 24.0. The summed E-state index contributed by atoms with van der Waals surface area (Å²) in [5, 5.41) is 1.64. The first kappa shape index (κ1) is 27.6. The van der Waals surface area contributed by atoms with Crippen LogP contribution in [0.2, 0.25) is 0 Å². The first-order valence-electron chi connectivity index (χ1n) is 14.4. The van der Waals surface area contributed by atoms with Crippen LogP contribution >= 0.6 is 0 Å². The number of H-pyrrole nitrogens is 1. The van der Waals surface area contributed by atoms with E-state index in [9.17, 15) is 8.42 Å². The molecule has 2 heterocycles. The molecule has 0 aliphatic heterocycles. The zero-order chi connectivity index (χ0) is 30.1. The average molecular weight is 599 g/mol. The summed E-state index contributed by atoms with van der Waals surface area (Å²) in [7, 11) is -3.92. The van der Waals surface area contributed by atoms with E-state index >= 15 is 0 Å². The van der Waals surface area contributed by atoms with Crippen LogP contribution in [0.3, 0.4) is 0 Å². The molecule has 0 aliphatic rings. The van der Waals surface area contributed by atoms with Crippen LogP contribution in [0.25, 0.3) is 21.9 Å². The molecule has 0 amide bonds. The maximum absolute atomic E-state index is 13.7. The van der Waals surface area contributed by atoms with Crippen molar-refractivity contribution >= 4 is 37.6 Å². The van der Waals surface area contributed by atoms with Crippen molar-refractivity contribution in [2.24, 2.45) is 0 Å². The number of para-hydroxylation sites is 1. The van der Waals surface area contributed by atoms with Crippen LogP contribution in [-0.2, 0) is 16.6 Å². The summed E-state index contributed by atoms with van der Waals surface area (Å²) < 4.78 is 43.1. The number of fused-ring (bicyclic) bond motifs is 2. The fourth-order valence-electron chi connectivity index (χ4n) is 5.59. The summed E-state index contributed by atoms with van der Waals surface area (Å²) in [6.07, 6.45) is 1.97. The second-order valence-electron chi connectivity index (χ2n) is 10.8. The van der Waals surface area contributed by atoms with Crippen LogP contribution in [0.15, 0.2) is 143 Å². The molecule has 7 aromatic rings. The minimum Gasteiger partial charge on any atom is -0.489 e. The van der Waals surface area contributed by atoms with Crippen molar-refractivity contribution in [3.8, 4) is 5.75 Å². The molecular formula is C37H30N2O4S. The highest BCUT2D eigenvalue weighted by molar-refractivity contribution is 7.92. The van der Waals surface area contributed by atoms with Crippen molar-refractivity contribution in [3.63, 3.8) is 0 Å². The Morgan fingerprint density at radius 1 is 0.795 bits per heavy atom. The average Bonchev–Trinajstić information content (AvgIpc) is 3.62. The molecule has 218 valence electrons. The number of rotatable bonds is 9. The maximum atomic E-state index is 13.7. The minimum absolute atomic E-state index is 0.183. The minimum atomic E-state index is -3.92. The van der Waals surface area contributed by atoms with Crippen LogP contribution < -0.4 is 9.46 Å². The second-order valence-corrected chi connectivity index (χ2v) is 12.5. The molecule has 1 unspecified atom stereocenters. The fraction of sp³-hybridized carbons (Fsp3) is 0.0811. The summed E-state index contributed by atoms with van der Waals surface area (Å²) in [4.78, 5) is 3.59. The van der Waals surface area contributed by atoms with E-state index in [1.807, 2.05) is 116 Å². The molecular weight excluding hydrogens is 568 g/mol. The molecule has 0 radical (unpaired) electrons. The highest BCUT2D eigenvalue weighted by atomic mass is 32.2. The van der Waals surface area contributed by atoms with E-state index < -0.39 is 15.9 Å². The van der Waals surface area contributed by atoms with E-state index in [-0.39, 0.29) is 4.90 Å². The van der Waals surface area contributed by atoms with Crippen molar-refractivity contribution in [1.29, 1.82) is 0 Å². The van der Waals surface area contributed by atoms with Crippen molar-refractivity contribution in [1.82, 2.24) is 4.98 Å². The number of aryl methyl sites for hydroxylation is 1. The van der Waals surface area contributed by atoms with Crippen LogP contribution in [0, 0.1) is 6.92 Å². The number of sulfonamides is 1. The summed E-state index contributed by atoms with van der Waals surface area (Å²) in [5.74, 6) is 0.806. The van der Waals surface area contributed by atoms with Crippen LogP contribution in [-0.4, -0.2) is 13.4 Å². The lowest BCUT2D eigenvalue weighted by Gasteiger charge is -2.18. The van der Waals surface area contributed by atoms with Gasteiger partial charge in [0.15, 0.2) is 0 Å². The number of aromatic nitrogens is 1. The van der Waals surface area contributed by atoms with Gasteiger partial charge in [-0.2, -0.15) is 0 Å².